The minimum atomic E-state index is -1.06. The normalized spacial score (nSPS) is 10.3. The Balaban J connectivity index is 2.25. The van der Waals surface area contributed by atoms with Crippen LogP contribution in [-0.4, -0.2) is 49.6 Å². The van der Waals surface area contributed by atoms with E-state index in [0.717, 1.165) is 6.42 Å². The lowest BCUT2D eigenvalue weighted by atomic mass is 10.2. The highest BCUT2D eigenvalue weighted by atomic mass is 16.5. The number of hydrogen-bond donors (Lipinski definition) is 1. The Hall–Kier alpha value is -1.66. The van der Waals surface area contributed by atoms with E-state index in [0.29, 0.717) is 32.2 Å². The second-order valence-electron chi connectivity index (χ2n) is 3.48. The summed E-state index contributed by atoms with van der Waals surface area (Å²) in [5, 5.41) is 8.90. The number of carbonyl (C=O) groups is 1. The number of nitrogens with zero attached hydrogens (tertiary/aromatic N) is 1. The molecule has 0 aromatic carbocycles. The van der Waals surface area contributed by atoms with E-state index >= 15 is 0 Å². The first kappa shape index (κ1) is 14.4. The van der Waals surface area contributed by atoms with E-state index in [2.05, 4.69) is 4.98 Å². The van der Waals surface area contributed by atoms with Gasteiger partial charge in [0.05, 0.1) is 6.61 Å². The Morgan fingerprint density at radius 3 is 2.89 bits per heavy atom. The zero-order valence-electron chi connectivity index (χ0n) is 10.3. The lowest BCUT2D eigenvalue weighted by Gasteiger charge is -2.08. The smallest absolute Gasteiger partial charge is 0.341 e. The van der Waals surface area contributed by atoms with Gasteiger partial charge in [0.1, 0.15) is 17.9 Å². The molecule has 0 bridgehead atoms. The SMILES string of the molecule is COCCCOCCOc1ccncc1C(=O)O. The number of aromatic nitrogens is 1. The van der Waals surface area contributed by atoms with Crippen LogP contribution in [0.25, 0.3) is 0 Å². The molecule has 0 radical (unpaired) electrons. The number of carboxylic acids is 1. The Labute approximate surface area is 106 Å². The van der Waals surface area contributed by atoms with Gasteiger partial charge in [-0.2, -0.15) is 0 Å². The summed E-state index contributed by atoms with van der Waals surface area (Å²) in [4.78, 5) is 14.6. The van der Waals surface area contributed by atoms with Gasteiger partial charge in [0, 0.05) is 32.7 Å². The van der Waals surface area contributed by atoms with Gasteiger partial charge in [-0.1, -0.05) is 0 Å². The Bertz CT molecular complexity index is 369. The average molecular weight is 255 g/mol. The second-order valence-corrected chi connectivity index (χ2v) is 3.48. The third-order valence-electron chi connectivity index (χ3n) is 2.13. The minimum absolute atomic E-state index is 0.0527. The maximum absolute atomic E-state index is 10.9. The lowest BCUT2D eigenvalue weighted by molar-refractivity contribution is 0.0676. The average Bonchev–Trinajstić information content (AvgIpc) is 2.38. The van der Waals surface area contributed by atoms with E-state index in [9.17, 15) is 4.79 Å². The number of methoxy groups -OCH3 is 1. The molecule has 1 rings (SSSR count). The zero-order valence-corrected chi connectivity index (χ0v) is 10.3. The van der Waals surface area contributed by atoms with Crippen LogP contribution in [0.4, 0.5) is 0 Å². The first-order chi connectivity index (χ1) is 8.75. The Morgan fingerprint density at radius 1 is 1.33 bits per heavy atom. The van der Waals surface area contributed by atoms with Gasteiger partial charge in [0.2, 0.25) is 0 Å². The van der Waals surface area contributed by atoms with Gasteiger partial charge in [-0.05, 0) is 12.5 Å². The van der Waals surface area contributed by atoms with Crippen molar-refractivity contribution in [3.05, 3.63) is 24.0 Å². The fourth-order valence-electron chi connectivity index (χ4n) is 1.29. The molecule has 0 aliphatic carbocycles. The summed E-state index contributed by atoms with van der Waals surface area (Å²) in [6.45, 7) is 1.97. The summed E-state index contributed by atoms with van der Waals surface area (Å²) in [7, 11) is 1.64. The molecular weight excluding hydrogens is 238 g/mol. The Morgan fingerprint density at radius 2 is 2.17 bits per heavy atom. The van der Waals surface area contributed by atoms with Crippen molar-refractivity contribution >= 4 is 5.97 Å². The van der Waals surface area contributed by atoms with Gasteiger partial charge in [-0.15, -0.1) is 0 Å². The summed E-state index contributed by atoms with van der Waals surface area (Å²) < 4.78 is 15.5. The maximum Gasteiger partial charge on any atom is 0.341 e. The number of pyridine rings is 1. The van der Waals surface area contributed by atoms with Crippen LogP contribution in [0.5, 0.6) is 5.75 Å². The topological polar surface area (TPSA) is 77.9 Å². The molecule has 0 saturated heterocycles. The van der Waals surface area contributed by atoms with E-state index in [-0.39, 0.29) is 5.56 Å². The molecule has 0 fully saturated rings. The monoisotopic (exact) mass is 255 g/mol. The highest BCUT2D eigenvalue weighted by Gasteiger charge is 2.10. The van der Waals surface area contributed by atoms with Gasteiger partial charge in [-0.3, -0.25) is 4.98 Å². The van der Waals surface area contributed by atoms with Crippen molar-refractivity contribution in [2.75, 3.05) is 33.5 Å². The number of rotatable bonds is 9. The molecule has 0 aliphatic heterocycles. The fourth-order valence-corrected chi connectivity index (χ4v) is 1.29. The molecule has 1 N–H and O–H groups in total. The van der Waals surface area contributed by atoms with Crippen LogP contribution in [0.3, 0.4) is 0 Å². The molecule has 0 spiro atoms. The first-order valence-electron chi connectivity index (χ1n) is 5.62. The molecule has 0 unspecified atom stereocenters. The van der Waals surface area contributed by atoms with Crippen molar-refractivity contribution in [3.63, 3.8) is 0 Å². The molecule has 0 amide bonds. The van der Waals surface area contributed by atoms with Crippen LogP contribution < -0.4 is 4.74 Å². The van der Waals surface area contributed by atoms with Gasteiger partial charge in [0.25, 0.3) is 0 Å². The first-order valence-corrected chi connectivity index (χ1v) is 5.62. The summed E-state index contributed by atoms with van der Waals surface area (Å²) in [5.74, 6) is -0.753. The minimum Gasteiger partial charge on any atom is -0.490 e. The molecule has 0 aliphatic rings. The van der Waals surface area contributed by atoms with Crippen molar-refractivity contribution in [2.45, 2.75) is 6.42 Å². The maximum atomic E-state index is 10.9. The van der Waals surface area contributed by atoms with Crippen molar-refractivity contribution in [1.29, 1.82) is 0 Å². The summed E-state index contributed by atoms with van der Waals surface area (Å²) in [5.41, 5.74) is 0.0527. The molecule has 1 aromatic heterocycles. The van der Waals surface area contributed by atoms with E-state index in [1.54, 1.807) is 7.11 Å². The third kappa shape index (κ3) is 5.11. The van der Waals surface area contributed by atoms with Crippen LogP contribution in [0, 0.1) is 0 Å². The number of hydrogen-bond acceptors (Lipinski definition) is 5. The number of carboxylic acid groups (broad SMARTS) is 1. The largest absolute Gasteiger partial charge is 0.490 e. The summed E-state index contributed by atoms with van der Waals surface area (Å²) in [6.07, 6.45) is 3.57. The molecule has 100 valence electrons. The predicted molar refractivity (Wildman–Crippen MR) is 64.0 cm³/mol. The zero-order chi connectivity index (χ0) is 13.2. The number of aromatic carboxylic acids is 1. The van der Waals surface area contributed by atoms with E-state index in [4.69, 9.17) is 19.3 Å². The number of ether oxygens (including phenoxy) is 3. The highest BCUT2D eigenvalue weighted by molar-refractivity contribution is 5.90. The van der Waals surface area contributed by atoms with Crippen LogP contribution in [0.2, 0.25) is 0 Å². The van der Waals surface area contributed by atoms with Crippen molar-refractivity contribution in [2.24, 2.45) is 0 Å². The standard InChI is InChI=1S/C12H17NO5/c1-16-5-2-6-17-7-8-18-11-3-4-13-9-10(11)12(14)15/h3-4,9H,2,5-8H2,1H3,(H,14,15). The van der Waals surface area contributed by atoms with Crippen LogP contribution in [0.15, 0.2) is 18.5 Å². The highest BCUT2D eigenvalue weighted by Crippen LogP contribution is 2.15. The molecule has 6 heteroatoms. The lowest BCUT2D eigenvalue weighted by Crippen LogP contribution is -2.10. The van der Waals surface area contributed by atoms with Crippen molar-refractivity contribution in [1.82, 2.24) is 4.98 Å². The summed E-state index contributed by atoms with van der Waals surface area (Å²) in [6, 6.07) is 1.52. The van der Waals surface area contributed by atoms with E-state index < -0.39 is 5.97 Å². The molecule has 0 atom stereocenters. The Kier molecular flexibility index (Phi) is 6.75. The van der Waals surface area contributed by atoms with Gasteiger partial charge in [-0.25, -0.2) is 4.79 Å². The van der Waals surface area contributed by atoms with E-state index in [1.165, 1.54) is 18.5 Å². The van der Waals surface area contributed by atoms with Crippen molar-refractivity contribution in [3.8, 4) is 5.75 Å². The molecule has 1 aromatic rings. The fraction of sp³-hybridized carbons (Fsp3) is 0.500. The van der Waals surface area contributed by atoms with E-state index in [1.807, 2.05) is 0 Å². The quantitative estimate of drug-likeness (QED) is 0.668. The molecule has 0 saturated carbocycles. The summed E-state index contributed by atoms with van der Waals surface area (Å²) >= 11 is 0. The van der Waals surface area contributed by atoms with Crippen LogP contribution >= 0.6 is 0 Å². The molecular formula is C12H17NO5. The molecule has 6 nitrogen and oxygen atoms in total. The third-order valence-corrected chi connectivity index (χ3v) is 2.13. The second kappa shape index (κ2) is 8.43. The van der Waals surface area contributed by atoms with Gasteiger partial charge in [0.15, 0.2) is 0 Å². The molecule has 1 heterocycles. The van der Waals surface area contributed by atoms with Gasteiger partial charge < -0.3 is 19.3 Å². The van der Waals surface area contributed by atoms with Gasteiger partial charge >= 0.3 is 5.97 Å². The van der Waals surface area contributed by atoms with Crippen LogP contribution in [-0.2, 0) is 9.47 Å². The predicted octanol–water partition coefficient (Wildman–Crippen LogP) is 1.21. The molecule has 18 heavy (non-hydrogen) atoms. The van der Waals surface area contributed by atoms with Crippen LogP contribution in [0.1, 0.15) is 16.8 Å². The van der Waals surface area contributed by atoms with Crippen molar-refractivity contribution < 1.29 is 24.1 Å².